The smallest absolute Gasteiger partial charge is 0.167 e. The second kappa shape index (κ2) is 5.23. The summed E-state index contributed by atoms with van der Waals surface area (Å²) in [5.74, 6) is 0.246. The minimum atomic E-state index is 0.246. The summed E-state index contributed by atoms with van der Waals surface area (Å²) in [5.41, 5.74) is 4.49. The minimum absolute atomic E-state index is 0.246. The van der Waals surface area contributed by atoms with Gasteiger partial charge in [-0.05, 0) is 24.0 Å². The van der Waals surface area contributed by atoms with Crippen LogP contribution in [0.1, 0.15) is 34.3 Å². The SMILES string of the molecule is O=C1C/C(=C/c2ccccc2)CCc2ccccc21. The molecule has 0 amide bonds. The monoisotopic (exact) mass is 248 g/mol. The molecule has 2 aromatic rings. The van der Waals surface area contributed by atoms with Crippen molar-refractivity contribution in [3.05, 3.63) is 76.9 Å². The van der Waals surface area contributed by atoms with Crippen LogP contribution < -0.4 is 0 Å². The van der Waals surface area contributed by atoms with Crippen molar-refractivity contribution >= 4 is 11.9 Å². The van der Waals surface area contributed by atoms with E-state index in [0.29, 0.717) is 6.42 Å². The summed E-state index contributed by atoms with van der Waals surface area (Å²) in [6, 6.07) is 18.2. The van der Waals surface area contributed by atoms with Crippen molar-refractivity contribution in [3.8, 4) is 0 Å². The van der Waals surface area contributed by atoms with Gasteiger partial charge in [-0.25, -0.2) is 0 Å². The van der Waals surface area contributed by atoms with Crippen molar-refractivity contribution < 1.29 is 4.79 Å². The number of aryl methyl sites for hydroxylation is 1. The molecular formula is C18H16O. The van der Waals surface area contributed by atoms with Gasteiger partial charge < -0.3 is 0 Å². The molecule has 0 bridgehead atoms. The number of hydrogen-bond acceptors (Lipinski definition) is 1. The Morgan fingerprint density at radius 2 is 1.58 bits per heavy atom. The van der Waals surface area contributed by atoms with E-state index in [2.05, 4.69) is 24.3 Å². The van der Waals surface area contributed by atoms with Crippen LogP contribution in [0, 0.1) is 0 Å². The summed E-state index contributed by atoms with van der Waals surface area (Å²) in [6.07, 6.45) is 4.63. The van der Waals surface area contributed by atoms with Gasteiger partial charge in [0.15, 0.2) is 5.78 Å². The van der Waals surface area contributed by atoms with Gasteiger partial charge >= 0.3 is 0 Å². The standard InChI is InChI=1S/C18H16O/c19-18-13-15(12-14-6-2-1-3-7-14)10-11-16-8-4-5-9-17(16)18/h1-9,12H,10-11,13H2/b15-12+. The van der Waals surface area contributed by atoms with Crippen molar-refractivity contribution in [1.29, 1.82) is 0 Å². The van der Waals surface area contributed by atoms with Gasteiger partial charge in [-0.3, -0.25) is 4.79 Å². The molecule has 0 unspecified atom stereocenters. The Bertz CT molecular complexity index is 623. The molecule has 1 aliphatic carbocycles. The van der Waals surface area contributed by atoms with Crippen LogP contribution in [-0.4, -0.2) is 5.78 Å². The van der Waals surface area contributed by atoms with Gasteiger partial charge in [-0.1, -0.05) is 66.2 Å². The van der Waals surface area contributed by atoms with Crippen LogP contribution in [0.25, 0.3) is 6.08 Å². The molecule has 0 N–H and O–H groups in total. The van der Waals surface area contributed by atoms with E-state index >= 15 is 0 Å². The first-order chi connectivity index (χ1) is 9.33. The number of hydrogen-bond donors (Lipinski definition) is 0. The summed E-state index contributed by atoms with van der Waals surface area (Å²) in [6.45, 7) is 0. The molecule has 94 valence electrons. The summed E-state index contributed by atoms with van der Waals surface area (Å²) >= 11 is 0. The molecule has 1 aliphatic rings. The summed E-state index contributed by atoms with van der Waals surface area (Å²) in [7, 11) is 0. The summed E-state index contributed by atoms with van der Waals surface area (Å²) in [4.78, 5) is 12.3. The lowest BCUT2D eigenvalue weighted by Crippen LogP contribution is -1.99. The quantitative estimate of drug-likeness (QED) is 0.688. The third-order valence-corrected chi connectivity index (χ3v) is 3.59. The zero-order chi connectivity index (χ0) is 13.1. The molecule has 0 atom stereocenters. The van der Waals surface area contributed by atoms with Crippen molar-refractivity contribution in [3.63, 3.8) is 0 Å². The fraction of sp³-hybridized carbons (Fsp3) is 0.167. The average molecular weight is 248 g/mol. The molecule has 0 saturated heterocycles. The van der Waals surface area contributed by atoms with E-state index in [4.69, 9.17) is 0 Å². The third-order valence-electron chi connectivity index (χ3n) is 3.59. The minimum Gasteiger partial charge on any atom is -0.294 e. The molecule has 0 fully saturated rings. The van der Waals surface area contributed by atoms with Gasteiger partial charge in [0.05, 0.1) is 0 Å². The van der Waals surface area contributed by atoms with Gasteiger partial charge in [0.1, 0.15) is 0 Å². The highest BCUT2D eigenvalue weighted by molar-refractivity contribution is 5.99. The largest absolute Gasteiger partial charge is 0.294 e. The predicted molar refractivity (Wildman–Crippen MR) is 78.1 cm³/mol. The van der Waals surface area contributed by atoms with E-state index in [1.807, 2.05) is 36.4 Å². The second-order valence-electron chi connectivity index (χ2n) is 4.97. The van der Waals surface area contributed by atoms with E-state index in [1.54, 1.807) is 0 Å². The van der Waals surface area contributed by atoms with Gasteiger partial charge in [0.25, 0.3) is 0 Å². The molecular weight excluding hydrogens is 232 g/mol. The first kappa shape index (κ1) is 11.9. The first-order valence-electron chi connectivity index (χ1n) is 6.68. The molecule has 19 heavy (non-hydrogen) atoms. The van der Waals surface area contributed by atoms with Crippen LogP contribution in [0.15, 0.2) is 60.2 Å². The van der Waals surface area contributed by atoms with Crippen LogP contribution >= 0.6 is 0 Å². The number of ketones is 1. The highest BCUT2D eigenvalue weighted by atomic mass is 16.1. The second-order valence-corrected chi connectivity index (χ2v) is 4.97. The Labute approximate surface area is 113 Å². The van der Waals surface area contributed by atoms with Gasteiger partial charge in [0, 0.05) is 12.0 Å². The lowest BCUT2D eigenvalue weighted by molar-refractivity contribution is 0.0993. The molecule has 3 rings (SSSR count). The molecule has 0 heterocycles. The number of benzene rings is 2. The Morgan fingerprint density at radius 3 is 2.42 bits per heavy atom. The summed E-state index contributed by atoms with van der Waals surface area (Å²) in [5, 5.41) is 0. The van der Waals surface area contributed by atoms with E-state index in [9.17, 15) is 4.79 Å². The molecule has 0 saturated carbocycles. The van der Waals surface area contributed by atoms with E-state index in [1.165, 1.54) is 16.7 Å². The maximum Gasteiger partial charge on any atom is 0.167 e. The normalized spacial score (nSPS) is 17.1. The van der Waals surface area contributed by atoms with Gasteiger partial charge in [-0.2, -0.15) is 0 Å². The number of allylic oxidation sites excluding steroid dienone is 1. The Hall–Kier alpha value is -2.15. The Balaban J connectivity index is 1.90. The molecule has 2 aromatic carbocycles. The lowest BCUT2D eigenvalue weighted by Gasteiger charge is -2.02. The van der Waals surface area contributed by atoms with Crippen LogP contribution in [-0.2, 0) is 6.42 Å². The molecule has 1 nitrogen and oxygen atoms in total. The molecule has 0 spiro atoms. The molecule has 0 radical (unpaired) electrons. The zero-order valence-electron chi connectivity index (χ0n) is 10.8. The molecule has 0 aromatic heterocycles. The van der Waals surface area contributed by atoms with Gasteiger partial charge in [-0.15, -0.1) is 0 Å². The average Bonchev–Trinajstić information content (AvgIpc) is 2.60. The number of carbonyl (C=O) groups excluding carboxylic acids is 1. The number of rotatable bonds is 1. The van der Waals surface area contributed by atoms with Crippen molar-refractivity contribution in [2.24, 2.45) is 0 Å². The van der Waals surface area contributed by atoms with Crippen molar-refractivity contribution in [2.45, 2.75) is 19.3 Å². The number of carbonyl (C=O) groups is 1. The predicted octanol–water partition coefficient (Wildman–Crippen LogP) is 4.29. The van der Waals surface area contributed by atoms with E-state index < -0.39 is 0 Å². The maximum atomic E-state index is 12.3. The molecule has 1 heteroatoms. The van der Waals surface area contributed by atoms with E-state index in [-0.39, 0.29) is 5.78 Å². The van der Waals surface area contributed by atoms with Crippen molar-refractivity contribution in [2.75, 3.05) is 0 Å². The fourth-order valence-corrected chi connectivity index (χ4v) is 2.60. The van der Waals surface area contributed by atoms with Crippen LogP contribution in [0.3, 0.4) is 0 Å². The number of fused-ring (bicyclic) bond motifs is 1. The third kappa shape index (κ3) is 2.65. The Morgan fingerprint density at radius 1 is 0.842 bits per heavy atom. The van der Waals surface area contributed by atoms with Crippen LogP contribution in [0.5, 0.6) is 0 Å². The van der Waals surface area contributed by atoms with Crippen molar-refractivity contribution in [1.82, 2.24) is 0 Å². The van der Waals surface area contributed by atoms with Crippen LogP contribution in [0.4, 0.5) is 0 Å². The molecule has 0 aliphatic heterocycles. The lowest BCUT2D eigenvalue weighted by atomic mass is 10.0. The van der Waals surface area contributed by atoms with E-state index in [0.717, 1.165) is 18.4 Å². The topological polar surface area (TPSA) is 17.1 Å². The van der Waals surface area contributed by atoms with Gasteiger partial charge in [0.2, 0.25) is 0 Å². The Kier molecular flexibility index (Phi) is 3.28. The zero-order valence-corrected chi connectivity index (χ0v) is 10.8. The summed E-state index contributed by atoms with van der Waals surface area (Å²) < 4.78 is 0. The maximum absolute atomic E-state index is 12.3. The highest BCUT2D eigenvalue weighted by Gasteiger charge is 2.17. The fourth-order valence-electron chi connectivity index (χ4n) is 2.60. The van der Waals surface area contributed by atoms with Crippen LogP contribution in [0.2, 0.25) is 0 Å². The number of Topliss-reactive ketones (excluding diaryl/α,β-unsaturated/α-hetero) is 1. The first-order valence-corrected chi connectivity index (χ1v) is 6.68. The highest BCUT2D eigenvalue weighted by Crippen LogP contribution is 2.25.